The predicted octanol–water partition coefficient (Wildman–Crippen LogP) is 2.52. The van der Waals surface area contributed by atoms with E-state index in [2.05, 4.69) is 17.2 Å². The van der Waals surface area contributed by atoms with Gasteiger partial charge in [0.2, 0.25) is 0 Å². The second-order valence-electron chi connectivity index (χ2n) is 6.60. The highest BCUT2D eigenvalue weighted by molar-refractivity contribution is 7.91. The summed E-state index contributed by atoms with van der Waals surface area (Å²) in [6.07, 6.45) is 4.71. The lowest BCUT2D eigenvalue weighted by molar-refractivity contribution is 0.102. The molecule has 0 saturated carbocycles. The maximum atomic E-state index is 12.5. The molecule has 0 radical (unpaired) electrons. The number of aromatic nitrogens is 1. The highest BCUT2D eigenvalue weighted by atomic mass is 32.2. The van der Waals surface area contributed by atoms with Gasteiger partial charge in [0.05, 0.1) is 29.0 Å². The maximum absolute atomic E-state index is 12.5. The molecule has 26 heavy (non-hydrogen) atoms. The molecule has 6 nitrogen and oxygen atoms in total. The smallest absolute Gasteiger partial charge is 0.257 e. The highest BCUT2D eigenvalue weighted by Crippen LogP contribution is 2.23. The molecule has 0 aliphatic carbocycles. The molecule has 0 spiro atoms. The summed E-state index contributed by atoms with van der Waals surface area (Å²) < 4.78 is 23.4. The van der Waals surface area contributed by atoms with Crippen LogP contribution in [0.2, 0.25) is 0 Å². The number of hydrogen-bond acceptors (Lipinski definition) is 5. The molecule has 1 aliphatic rings. The molecule has 1 aromatic heterocycles. The largest absolute Gasteiger partial charge is 0.369 e. The van der Waals surface area contributed by atoms with Crippen molar-refractivity contribution in [2.75, 3.05) is 28.8 Å². The molecule has 0 bridgehead atoms. The summed E-state index contributed by atoms with van der Waals surface area (Å²) in [5.74, 6) is 0.114. The number of rotatable bonds is 5. The molecule has 2 heterocycles. The Kier molecular flexibility index (Phi) is 5.27. The first-order valence-corrected chi connectivity index (χ1v) is 10.5. The van der Waals surface area contributed by atoms with Gasteiger partial charge >= 0.3 is 0 Å². The Labute approximate surface area is 154 Å². The molecule has 1 N–H and O–H groups in total. The Balaban J connectivity index is 1.72. The number of carbonyl (C=O) groups is 1. The van der Waals surface area contributed by atoms with Crippen molar-refractivity contribution < 1.29 is 13.2 Å². The number of nitrogens with one attached hydrogen (secondary N) is 1. The van der Waals surface area contributed by atoms with Gasteiger partial charge in [0.15, 0.2) is 9.84 Å². The van der Waals surface area contributed by atoms with Crippen molar-refractivity contribution in [1.82, 2.24) is 4.98 Å². The van der Waals surface area contributed by atoms with E-state index < -0.39 is 9.84 Å². The van der Waals surface area contributed by atoms with Crippen molar-refractivity contribution >= 4 is 27.1 Å². The van der Waals surface area contributed by atoms with Crippen molar-refractivity contribution in [3.05, 3.63) is 53.9 Å². The molecule has 1 aromatic carbocycles. The summed E-state index contributed by atoms with van der Waals surface area (Å²) in [6.45, 7) is 2.08. The lowest BCUT2D eigenvalue weighted by Crippen LogP contribution is -2.32. The molecular weight excluding hydrogens is 350 g/mol. The zero-order valence-electron chi connectivity index (χ0n) is 15.0. The van der Waals surface area contributed by atoms with E-state index in [0.29, 0.717) is 12.0 Å². The van der Waals surface area contributed by atoms with Crippen LogP contribution in [0.25, 0.3) is 0 Å². The molecule has 1 atom stereocenters. The topological polar surface area (TPSA) is 79.4 Å². The molecule has 2 aromatic rings. The van der Waals surface area contributed by atoms with E-state index in [0.717, 1.165) is 17.8 Å². The number of pyridine rings is 1. The van der Waals surface area contributed by atoms with Crippen LogP contribution < -0.4 is 10.2 Å². The minimum absolute atomic E-state index is 0.0818. The minimum Gasteiger partial charge on any atom is -0.369 e. The minimum atomic E-state index is -2.96. The number of sulfone groups is 1. The van der Waals surface area contributed by atoms with Gasteiger partial charge in [-0.3, -0.25) is 9.78 Å². The van der Waals surface area contributed by atoms with Gasteiger partial charge < -0.3 is 10.2 Å². The number of hydrogen-bond donors (Lipinski definition) is 1. The summed E-state index contributed by atoms with van der Waals surface area (Å²) >= 11 is 0. The van der Waals surface area contributed by atoms with Gasteiger partial charge in [-0.25, -0.2) is 8.42 Å². The summed E-state index contributed by atoms with van der Waals surface area (Å²) in [5.41, 5.74) is 3.11. The van der Waals surface area contributed by atoms with Crippen molar-refractivity contribution in [3.8, 4) is 0 Å². The number of nitrogens with zero attached hydrogens (tertiary/aromatic N) is 2. The molecule has 1 amide bonds. The van der Waals surface area contributed by atoms with Crippen LogP contribution in [0.4, 0.5) is 11.4 Å². The van der Waals surface area contributed by atoms with E-state index in [-0.39, 0.29) is 23.5 Å². The molecule has 138 valence electrons. The van der Waals surface area contributed by atoms with Gasteiger partial charge in [-0.2, -0.15) is 0 Å². The van der Waals surface area contributed by atoms with Crippen LogP contribution in [0.5, 0.6) is 0 Å². The fourth-order valence-corrected chi connectivity index (χ4v) is 4.84. The van der Waals surface area contributed by atoms with Crippen molar-refractivity contribution in [3.63, 3.8) is 0 Å². The second kappa shape index (κ2) is 7.45. The molecule has 1 saturated heterocycles. The van der Waals surface area contributed by atoms with Crippen LogP contribution in [-0.2, 0) is 16.3 Å². The third-order valence-electron chi connectivity index (χ3n) is 4.77. The van der Waals surface area contributed by atoms with E-state index >= 15 is 0 Å². The Morgan fingerprint density at radius 2 is 2.00 bits per heavy atom. The van der Waals surface area contributed by atoms with E-state index in [1.807, 2.05) is 36.2 Å². The molecule has 3 rings (SSSR count). The molecule has 1 unspecified atom stereocenters. The lowest BCUT2D eigenvalue weighted by atomic mass is 10.1. The Bertz CT molecular complexity index is 895. The summed E-state index contributed by atoms with van der Waals surface area (Å²) in [5, 5.41) is 2.86. The molecular formula is C19H23N3O3S. The Hall–Kier alpha value is -2.41. The fraction of sp³-hybridized carbons (Fsp3) is 0.368. The average Bonchev–Trinajstić information content (AvgIpc) is 3.01. The van der Waals surface area contributed by atoms with Gasteiger partial charge in [0.1, 0.15) is 0 Å². The predicted molar refractivity (Wildman–Crippen MR) is 103 cm³/mol. The zero-order chi connectivity index (χ0) is 18.7. The van der Waals surface area contributed by atoms with Gasteiger partial charge in [-0.05, 0) is 36.6 Å². The monoisotopic (exact) mass is 373 g/mol. The first kappa shape index (κ1) is 18.4. The standard InChI is InChI=1S/C19H23N3O3S/c1-3-14-4-6-16(7-5-14)21-19(23)15-10-18(12-20-11-15)22(2)17-8-9-26(24,25)13-17/h4-7,10-12,17H,3,8-9,13H2,1-2H3,(H,21,23). The van der Waals surface area contributed by atoms with Crippen LogP contribution in [0.15, 0.2) is 42.7 Å². The highest BCUT2D eigenvalue weighted by Gasteiger charge is 2.31. The van der Waals surface area contributed by atoms with Crippen molar-refractivity contribution in [2.24, 2.45) is 0 Å². The first-order valence-electron chi connectivity index (χ1n) is 8.66. The summed E-state index contributed by atoms with van der Waals surface area (Å²) in [6, 6.07) is 9.39. The van der Waals surface area contributed by atoms with Gasteiger partial charge in [0.25, 0.3) is 5.91 Å². The number of carbonyl (C=O) groups excluding carboxylic acids is 1. The molecule has 1 fully saturated rings. The van der Waals surface area contributed by atoms with Gasteiger partial charge in [0, 0.05) is 25.0 Å². The fourth-order valence-electron chi connectivity index (χ4n) is 3.06. The average molecular weight is 373 g/mol. The number of anilines is 2. The lowest BCUT2D eigenvalue weighted by Gasteiger charge is -2.25. The number of aryl methyl sites for hydroxylation is 1. The van der Waals surface area contributed by atoms with E-state index in [4.69, 9.17) is 0 Å². The van der Waals surface area contributed by atoms with Crippen LogP contribution >= 0.6 is 0 Å². The third-order valence-corrected chi connectivity index (χ3v) is 6.52. The first-order chi connectivity index (χ1) is 12.4. The SMILES string of the molecule is CCc1ccc(NC(=O)c2cncc(N(C)C3CCS(=O)(=O)C3)c2)cc1. The van der Waals surface area contributed by atoms with Crippen molar-refractivity contribution in [1.29, 1.82) is 0 Å². The quantitative estimate of drug-likeness (QED) is 0.871. The van der Waals surface area contributed by atoms with E-state index in [9.17, 15) is 13.2 Å². The third kappa shape index (κ3) is 4.22. The second-order valence-corrected chi connectivity index (χ2v) is 8.83. The zero-order valence-corrected chi connectivity index (χ0v) is 15.8. The van der Waals surface area contributed by atoms with Gasteiger partial charge in [-0.15, -0.1) is 0 Å². The summed E-state index contributed by atoms with van der Waals surface area (Å²) in [7, 11) is -1.12. The van der Waals surface area contributed by atoms with Crippen LogP contribution in [0, 0.1) is 0 Å². The van der Waals surface area contributed by atoms with Gasteiger partial charge in [-0.1, -0.05) is 19.1 Å². The molecule has 1 aliphatic heterocycles. The van der Waals surface area contributed by atoms with Crippen molar-refractivity contribution in [2.45, 2.75) is 25.8 Å². The van der Waals surface area contributed by atoms with E-state index in [1.54, 1.807) is 12.3 Å². The van der Waals surface area contributed by atoms with Crippen LogP contribution in [-0.4, -0.2) is 43.9 Å². The summed E-state index contributed by atoms with van der Waals surface area (Å²) in [4.78, 5) is 18.5. The number of benzene rings is 1. The Morgan fingerprint density at radius 1 is 1.27 bits per heavy atom. The molecule has 7 heteroatoms. The van der Waals surface area contributed by atoms with Crippen LogP contribution in [0.3, 0.4) is 0 Å². The number of amides is 1. The maximum Gasteiger partial charge on any atom is 0.257 e. The Morgan fingerprint density at radius 3 is 2.62 bits per heavy atom. The van der Waals surface area contributed by atoms with E-state index in [1.165, 1.54) is 11.8 Å². The van der Waals surface area contributed by atoms with Crippen LogP contribution in [0.1, 0.15) is 29.3 Å². The normalized spacial score (nSPS) is 18.5.